The molecule has 21 heavy (non-hydrogen) atoms. The Morgan fingerprint density at radius 2 is 2.19 bits per heavy atom. The van der Waals surface area contributed by atoms with Crippen molar-refractivity contribution in [1.82, 2.24) is 10.2 Å². The summed E-state index contributed by atoms with van der Waals surface area (Å²) < 4.78 is 5.12. The van der Waals surface area contributed by atoms with Crippen molar-refractivity contribution >= 4 is 12.0 Å². The van der Waals surface area contributed by atoms with Gasteiger partial charge in [-0.1, -0.05) is 12.1 Å². The first-order valence-electron chi connectivity index (χ1n) is 6.96. The second-order valence-electron chi connectivity index (χ2n) is 5.23. The number of nitrogens with one attached hydrogen (secondary N) is 1. The van der Waals surface area contributed by atoms with E-state index in [1.54, 1.807) is 7.11 Å². The van der Waals surface area contributed by atoms with Gasteiger partial charge in [0, 0.05) is 13.1 Å². The summed E-state index contributed by atoms with van der Waals surface area (Å²) in [6, 6.07) is 7.05. The van der Waals surface area contributed by atoms with Crippen LogP contribution in [0.3, 0.4) is 0 Å². The molecule has 1 saturated carbocycles. The summed E-state index contributed by atoms with van der Waals surface area (Å²) in [7, 11) is 1.59. The number of benzene rings is 1. The SMILES string of the molecule is COc1cccc(CNC(=O)N(CC(=O)O)CC2CC2)c1. The molecule has 1 aromatic rings. The van der Waals surface area contributed by atoms with Crippen molar-refractivity contribution in [2.45, 2.75) is 19.4 Å². The Morgan fingerprint density at radius 3 is 2.81 bits per heavy atom. The standard InChI is InChI=1S/C15H20N2O4/c1-21-13-4-2-3-12(7-13)8-16-15(20)17(10-14(18)19)9-11-5-6-11/h2-4,7,11H,5-6,8-10H2,1H3,(H,16,20)(H,18,19). The summed E-state index contributed by atoms with van der Waals surface area (Å²) in [6.45, 7) is 0.591. The van der Waals surface area contributed by atoms with E-state index in [0.717, 1.165) is 24.2 Å². The van der Waals surface area contributed by atoms with Gasteiger partial charge < -0.3 is 20.1 Å². The summed E-state index contributed by atoms with van der Waals surface area (Å²) in [5.41, 5.74) is 0.907. The summed E-state index contributed by atoms with van der Waals surface area (Å²) in [6.07, 6.45) is 2.14. The Labute approximate surface area is 123 Å². The van der Waals surface area contributed by atoms with E-state index in [9.17, 15) is 9.59 Å². The average Bonchev–Trinajstić information content (AvgIpc) is 3.28. The van der Waals surface area contributed by atoms with Crippen LogP contribution in [0, 0.1) is 5.92 Å². The Bertz CT molecular complexity index is 514. The fraction of sp³-hybridized carbons (Fsp3) is 0.467. The van der Waals surface area contributed by atoms with Gasteiger partial charge in [0.25, 0.3) is 0 Å². The molecule has 0 aromatic heterocycles. The number of carboxylic acid groups (broad SMARTS) is 1. The van der Waals surface area contributed by atoms with Crippen LogP contribution >= 0.6 is 0 Å². The third-order valence-corrected chi connectivity index (χ3v) is 3.37. The molecule has 1 aliphatic carbocycles. The largest absolute Gasteiger partial charge is 0.497 e. The van der Waals surface area contributed by atoms with Crippen molar-refractivity contribution in [2.75, 3.05) is 20.2 Å². The van der Waals surface area contributed by atoms with Crippen molar-refractivity contribution in [3.63, 3.8) is 0 Å². The van der Waals surface area contributed by atoms with E-state index in [4.69, 9.17) is 9.84 Å². The van der Waals surface area contributed by atoms with Crippen LogP contribution in [0.15, 0.2) is 24.3 Å². The highest BCUT2D eigenvalue weighted by Crippen LogP contribution is 2.29. The first-order valence-corrected chi connectivity index (χ1v) is 6.96. The minimum absolute atomic E-state index is 0.263. The molecule has 2 rings (SSSR count). The number of ether oxygens (including phenoxy) is 1. The highest BCUT2D eigenvalue weighted by molar-refractivity contribution is 5.80. The lowest BCUT2D eigenvalue weighted by molar-refractivity contribution is -0.137. The fourth-order valence-electron chi connectivity index (χ4n) is 2.07. The van der Waals surface area contributed by atoms with Gasteiger partial charge >= 0.3 is 12.0 Å². The number of rotatable bonds is 7. The number of carbonyl (C=O) groups excluding carboxylic acids is 1. The first kappa shape index (κ1) is 15.2. The lowest BCUT2D eigenvalue weighted by Gasteiger charge is -2.21. The van der Waals surface area contributed by atoms with Crippen LogP contribution in [-0.2, 0) is 11.3 Å². The third kappa shape index (κ3) is 4.98. The van der Waals surface area contributed by atoms with E-state index in [0.29, 0.717) is 19.0 Å². The lowest BCUT2D eigenvalue weighted by atomic mass is 10.2. The number of carboxylic acids is 1. The van der Waals surface area contributed by atoms with Gasteiger partial charge in [-0.3, -0.25) is 4.79 Å². The van der Waals surface area contributed by atoms with Crippen LogP contribution in [0.25, 0.3) is 0 Å². The van der Waals surface area contributed by atoms with Crippen LogP contribution in [-0.4, -0.2) is 42.2 Å². The predicted octanol–water partition coefficient (Wildman–Crippen LogP) is 1.70. The molecule has 0 aliphatic heterocycles. The predicted molar refractivity (Wildman–Crippen MR) is 77.2 cm³/mol. The Kier molecular flexibility index (Phi) is 5.03. The maximum atomic E-state index is 12.1. The summed E-state index contributed by atoms with van der Waals surface area (Å²) in [5, 5.41) is 11.6. The molecule has 0 spiro atoms. The van der Waals surface area contributed by atoms with Gasteiger partial charge in [0.1, 0.15) is 12.3 Å². The maximum absolute atomic E-state index is 12.1. The molecule has 2 N–H and O–H groups in total. The Morgan fingerprint density at radius 1 is 1.43 bits per heavy atom. The van der Waals surface area contributed by atoms with Gasteiger partial charge in [-0.25, -0.2) is 4.79 Å². The molecule has 2 amide bonds. The Balaban J connectivity index is 1.89. The van der Waals surface area contributed by atoms with E-state index >= 15 is 0 Å². The number of hydrogen-bond acceptors (Lipinski definition) is 3. The monoisotopic (exact) mass is 292 g/mol. The zero-order valence-corrected chi connectivity index (χ0v) is 12.0. The van der Waals surface area contributed by atoms with Crippen molar-refractivity contribution < 1.29 is 19.4 Å². The molecule has 1 fully saturated rings. The van der Waals surface area contributed by atoms with Crippen LogP contribution < -0.4 is 10.1 Å². The second-order valence-corrected chi connectivity index (χ2v) is 5.23. The Hall–Kier alpha value is -2.24. The summed E-state index contributed by atoms with van der Waals surface area (Å²) in [4.78, 5) is 24.3. The highest BCUT2D eigenvalue weighted by atomic mass is 16.5. The van der Waals surface area contributed by atoms with Gasteiger partial charge in [0.2, 0.25) is 0 Å². The number of methoxy groups -OCH3 is 1. The molecule has 0 unspecified atom stereocenters. The van der Waals surface area contributed by atoms with Gasteiger partial charge in [0.05, 0.1) is 7.11 Å². The normalized spacial score (nSPS) is 13.6. The third-order valence-electron chi connectivity index (χ3n) is 3.37. The molecule has 0 bridgehead atoms. The molecule has 114 valence electrons. The van der Waals surface area contributed by atoms with Gasteiger partial charge in [-0.05, 0) is 36.5 Å². The lowest BCUT2D eigenvalue weighted by Crippen LogP contribution is -2.43. The quantitative estimate of drug-likeness (QED) is 0.801. The number of urea groups is 1. The topological polar surface area (TPSA) is 78.9 Å². The molecular formula is C15H20N2O4. The smallest absolute Gasteiger partial charge is 0.323 e. The number of nitrogens with zero attached hydrogens (tertiary/aromatic N) is 1. The van der Waals surface area contributed by atoms with E-state index in [1.807, 2.05) is 24.3 Å². The van der Waals surface area contributed by atoms with Gasteiger partial charge in [-0.15, -0.1) is 0 Å². The molecule has 1 aliphatic rings. The van der Waals surface area contributed by atoms with Crippen molar-refractivity contribution in [1.29, 1.82) is 0 Å². The van der Waals surface area contributed by atoms with Crippen LogP contribution in [0.4, 0.5) is 4.79 Å². The second kappa shape index (κ2) is 6.97. The zero-order valence-electron chi connectivity index (χ0n) is 12.0. The number of amides is 2. The maximum Gasteiger partial charge on any atom is 0.323 e. The molecule has 0 saturated heterocycles. The van der Waals surface area contributed by atoms with Crippen LogP contribution in [0.2, 0.25) is 0 Å². The fourth-order valence-corrected chi connectivity index (χ4v) is 2.07. The van der Waals surface area contributed by atoms with Gasteiger partial charge in [-0.2, -0.15) is 0 Å². The molecule has 0 atom stereocenters. The van der Waals surface area contributed by atoms with Crippen molar-refractivity contribution in [3.8, 4) is 5.75 Å². The average molecular weight is 292 g/mol. The minimum atomic E-state index is -0.993. The van der Waals surface area contributed by atoms with E-state index in [1.165, 1.54) is 4.90 Å². The van der Waals surface area contributed by atoms with Crippen molar-refractivity contribution in [3.05, 3.63) is 29.8 Å². The zero-order chi connectivity index (χ0) is 15.2. The summed E-state index contributed by atoms with van der Waals surface area (Å²) in [5.74, 6) is 0.182. The molecular weight excluding hydrogens is 272 g/mol. The highest BCUT2D eigenvalue weighted by Gasteiger charge is 2.27. The number of hydrogen-bond donors (Lipinski definition) is 2. The molecule has 6 nitrogen and oxygen atoms in total. The number of aliphatic carboxylic acids is 1. The van der Waals surface area contributed by atoms with Gasteiger partial charge in [0.15, 0.2) is 0 Å². The molecule has 1 aromatic carbocycles. The van der Waals surface area contributed by atoms with Crippen LogP contribution in [0.1, 0.15) is 18.4 Å². The summed E-state index contributed by atoms with van der Waals surface area (Å²) >= 11 is 0. The van der Waals surface area contributed by atoms with E-state index in [2.05, 4.69) is 5.32 Å². The number of carbonyl (C=O) groups is 2. The minimum Gasteiger partial charge on any atom is -0.497 e. The molecule has 6 heteroatoms. The molecule has 0 heterocycles. The first-order chi connectivity index (χ1) is 10.1. The van der Waals surface area contributed by atoms with E-state index < -0.39 is 5.97 Å². The van der Waals surface area contributed by atoms with Crippen LogP contribution in [0.5, 0.6) is 5.75 Å². The van der Waals surface area contributed by atoms with Crippen molar-refractivity contribution in [2.24, 2.45) is 5.92 Å². The van der Waals surface area contributed by atoms with E-state index in [-0.39, 0.29) is 12.6 Å². The molecule has 0 radical (unpaired) electrons.